The maximum atomic E-state index is 12.2. The van der Waals surface area contributed by atoms with Crippen LogP contribution in [-0.2, 0) is 4.79 Å². The van der Waals surface area contributed by atoms with Gasteiger partial charge in [-0.1, -0.05) is 35.9 Å². The summed E-state index contributed by atoms with van der Waals surface area (Å²) in [4.78, 5) is 26.3. The largest absolute Gasteiger partial charge is 0.339 e. The van der Waals surface area contributed by atoms with Crippen molar-refractivity contribution in [2.24, 2.45) is 0 Å². The molecule has 0 unspecified atom stereocenters. The van der Waals surface area contributed by atoms with Gasteiger partial charge in [-0.2, -0.15) is 0 Å². The second-order valence-corrected chi connectivity index (χ2v) is 6.93. The van der Waals surface area contributed by atoms with Crippen molar-refractivity contribution in [2.45, 2.75) is 18.7 Å². The van der Waals surface area contributed by atoms with E-state index in [4.69, 9.17) is 0 Å². The molecule has 0 aromatic heterocycles. The standard InChI is InChI=1S/C20H22N2O2S/c1-14-9-10-16(15(2)13-14)11-12-19(23)21-17-7-5-6-8-18(17)25-20(24)22(3)4/h5-13H,1-4H3,(H,21,23)/b12-11+. The molecule has 5 heteroatoms. The average Bonchev–Trinajstić information content (AvgIpc) is 2.55. The molecule has 0 saturated carbocycles. The molecule has 1 N–H and O–H groups in total. The van der Waals surface area contributed by atoms with Gasteiger partial charge < -0.3 is 10.2 Å². The molecule has 0 aliphatic heterocycles. The first-order valence-electron chi connectivity index (χ1n) is 7.91. The fourth-order valence-corrected chi connectivity index (χ4v) is 2.94. The van der Waals surface area contributed by atoms with Gasteiger partial charge >= 0.3 is 0 Å². The van der Waals surface area contributed by atoms with Crippen molar-refractivity contribution in [3.63, 3.8) is 0 Å². The minimum Gasteiger partial charge on any atom is -0.339 e. The molecule has 0 aliphatic rings. The van der Waals surface area contributed by atoms with Crippen molar-refractivity contribution in [1.82, 2.24) is 4.90 Å². The van der Waals surface area contributed by atoms with Crippen LogP contribution in [0.3, 0.4) is 0 Å². The number of thioether (sulfide) groups is 1. The summed E-state index contributed by atoms with van der Waals surface area (Å²) in [6.07, 6.45) is 3.30. The van der Waals surface area contributed by atoms with E-state index in [1.807, 2.05) is 44.2 Å². The molecule has 130 valence electrons. The van der Waals surface area contributed by atoms with Crippen LogP contribution in [0.5, 0.6) is 0 Å². The van der Waals surface area contributed by atoms with Crippen molar-refractivity contribution < 1.29 is 9.59 Å². The van der Waals surface area contributed by atoms with Gasteiger partial charge in [0.2, 0.25) is 5.91 Å². The molecule has 25 heavy (non-hydrogen) atoms. The number of aryl methyl sites for hydroxylation is 2. The highest BCUT2D eigenvalue weighted by Crippen LogP contribution is 2.28. The van der Waals surface area contributed by atoms with E-state index in [2.05, 4.69) is 11.4 Å². The molecule has 0 aliphatic carbocycles. The highest BCUT2D eigenvalue weighted by Gasteiger charge is 2.11. The number of amides is 2. The second kappa shape index (κ2) is 8.53. The Bertz CT molecular complexity index is 813. The highest BCUT2D eigenvalue weighted by molar-refractivity contribution is 8.13. The van der Waals surface area contributed by atoms with Gasteiger partial charge in [0.05, 0.1) is 5.69 Å². The second-order valence-electron chi connectivity index (χ2n) is 5.94. The van der Waals surface area contributed by atoms with E-state index in [0.29, 0.717) is 5.69 Å². The summed E-state index contributed by atoms with van der Waals surface area (Å²) in [6.45, 7) is 4.06. The number of nitrogens with zero attached hydrogens (tertiary/aromatic N) is 1. The first-order valence-corrected chi connectivity index (χ1v) is 8.73. The Labute approximate surface area is 152 Å². The Morgan fingerprint density at radius 2 is 1.80 bits per heavy atom. The van der Waals surface area contributed by atoms with Gasteiger partial charge in [0, 0.05) is 25.1 Å². The van der Waals surface area contributed by atoms with Crippen LogP contribution >= 0.6 is 11.8 Å². The molecule has 2 aromatic rings. The molecular weight excluding hydrogens is 332 g/mol. The Hall–Kier alpha value is -2.53. The molecule has 2 aromatic carbocycles. The molecule has 0 spiro atoms. The quantitative estimate of drug-likeness (QED) is 0.638. The summed E-state index contributed by atoms with van der Waals surface area (Å²) in [6, 6.07) is 13.4. The molecule has 2 amide bonds. The first-order chi connectivity index (χ1) is 11.9. The molecule has 0 heterocycles. The van der Waals surface area contributed by atoms with Gasteiger partial charge in [0.25, 0.3) is 5.24 Å². The Balaban J connectivity index is 2.10. The summed E-state index contributed by atoms with van der Waals surface area (Å²) in [5.74, 6) is -0.231. The van der Waals surface area contributed by atoms with Crippen molar-refractivity contribution in [1.29, 1.82) is 0 Å². The molecule has 0 radical (unpaired) electrons. The van der Waals surface area contributed by atoms with Gasteiger partial charge in [-0.05, 0) is 54.9 Å². The van der Waals surface area contributed by atoms with Gasteiger partial charge in [0.1, 0.15) is 0 Å². The van der Waals surface area contributed by atoms with Crippen LogP contribution < -0.4 is 5.32 Å². The smallest absolute Gasteiger partial charge is 0.286 e. The number of anilines is 1. The van der Waals surface area contributed by atoms with Crippen molar-refractivity contribution in [2.75, 3.05) is 19.4 Å². The first kappa shape index (κ1) is 18.8. The predicted octanol–water partition coefficient (Wildman–Crippen LogP) is 4.73. The molecule has 2 rings (SSSR count). The third kappa shape index (κ3) is 5.50. The number of hydrogen-bond donors (Lipinski definition) is 1. The van der Waals surface area contributed by atoms with Crippen LogP contribution in [0.2, 0.25) is 0 Å². The molecular formula is C20H22N2O2S. The lowest BCUT2D eigenvalue weighted by molar-refractivity contribution is -0.111. The minimum atomic E-state index is -0.231. The summed E-state index contributed by atoms with van der Waals surface area (Å²) < 4.78 is 0. The van der Waals surface area contributed by atoms with Crippen LogP contribution in [0.1, 0.15) is 16.7 Å². The van der Waals surface area contributed by atoms with Gasteiger partial charge in [-0.25, -0.2) is 0 Å². The Morgan fingerprint density at radius 1 is 1.08 bits per heavy atom. The van der Waals surface area contributed by atoms with Crippen molar-refractivity contribution in [3.8, 4) is 0 Å². The maximum absolute atomic E-state index is 12.2. The third-order valence-corrected chi connectivity index (χ3v) is 4.66. The zero-order valence-corrected chi connectivity index (χ0v) is 15.7. The van der Waals surface area contributed by atoms with Crippen LogP contribution in [0.15, 0.2) is 53.4 Å². The van der Waals surface area contributed by atoms with E-state index in [1.54, 1.807) is 26.2 Å². The fourth-order valence-electron chi connectivity index (χ4n) is 2.20. The van der Waals surface area contributed by atoms with Crippen LogP contribution in [-0.4, -0.2) is 30.1 Å². The number of nitrogens with one attached hydrogen (secondary N) is 1. The predicted molar refractivity (Wildman–Crippen MR) is 105 cm³/mol. The summed E-state index contributed by atoms with van der Waals surface area (Å²) >= 11 is 1.09. The number of rotatable bonds is 4. The third-order valence-electron chi connectivity index (χ3n) is 3.55. The van der Waals surface area contributed by atoms with E-state index in [0.717, 1.165) is 27.8 Å². The van der Waals surface area contributed by atoms with E-state index in [-0.39, 0.29) is 11.1 Å². The van der Waals surface area contributed by atoms with Crippen LogP contribution in [0, 0.1) is 13.8 Å². The molecule has 4 nitrogen and oxygen atoms in total. The van der Waals surface area contributed by atoms with Gasteiger partial charge in [-0.15, -0.1) is 0 Å². The highest BCUT2D eigenvalue weighted by atomic mass is 32.2. The molecule has 0 saturated heterocycles. The normalized spacial score (nSPS) is 10.7. The lowest BCUT2D eigenvalue weighted by atomic mass is 10.1. The van der Waals surface area contributed by atoms with E-state index < -0.39 is 0 Å². The monoisotopic (exact) mass is 354 g/mol. The summed E-state index contributed by atoms with van der Waals surface area (Å²) in [5.41, 5.74) is 3.94. The molecule has 0 atom stereocenters. The zero-order valence-electron chi connectivity index (χ0n) is 14.9. The number of benzene rings is 2. The lowest BCUT2D eigenvalue weighted by Crippen LogP contribution is -2.16. The van der Waals surface area contributed by atoms with Crippen LogP contribution in [0.4, 0.5) is 10.5 Å². The van der Waals surface area contributed by atoms with Crippen LogP contribution in [0.25, 0.3) is 6.08 Å². The lowest BCUT2D eigenvalue weighted by Gasteiger charge is -2.12. The summed E-state index contributed by atoms with van der Waals surface area (Å²) in [5, 5.41) is 2.75. The maximum Gasteiger partial charge on any atom is 0.286 e. The topological polar surface area (TPSA) is 49.4 Å². The number of carbonyl (C=O) groups is 2. The van der Waals surface area contributed by atoms with E-state index in [1.165, 1.54) is 16.5 Å². The van der Waals surface area contributed by atoms with Crippen molar-refractivity contribution in [3.05, 3.63) is 65.2 Å². The Morgan fingerprint density at radius 3 is 2.48 bits per heavy atom. The fraction of sp³-hybridized carbons (Fsp3) is 0.200. The number of hydrogen-bond acceptors (Lipinski definition) is 3. The molecule has 0 bridgehead atoms. The van der Waals surface area contributed by atoms with Crippen molar-refractivity contribution >= 4 is 34.7 Å². The number of carbonyl (C=O) groups excluding carboxylic acids is 2. The SMILES string of the molecule is Cc1ccc(/C=C/C(=O)Nc2ccccc2SC(=O)N(C)C)c(C)c1. The number of para-hydroxylation sites is 1. The van der Waals surface area contributed by atoms with Gasteiger partial charge in [-0.3, -0.25) is 9.59 Å². The van der Waals surface area contributed by atoms with Gasteiger partial charge in [0.15, 0.2) is 0 Å². The van der Waals surface area contributed by atoms with E-state index >= 15 is 0 Å². The summed E-state index contributed by atoms with van der Waals surface area (Å²) in [7, 11) is 3.40. The minimum absolute atomic E-state index is 0.0903. The zero-order chi connectivity index (χ0) is 18.4. The Kier molecular flexibility index (Phi) is 6.42. The molecule has 0 fully saturated rings. The van der Waals surface area contributed by atoms with E-state index in [9.17, 15) is 9.59 Å². The average molecular weight is 354 g/mol.